The average molecular weight is 278 g/mol. The lowest BCUT2D eigenvalue weighted by atomic mass is 10.0. The summed E-state index contributed by atoms with van der Waals surface area (Å²) in [5.74, 6) is 0.568. The van der Waals surface area contributed by atoms with Crippen molar-refractivity contribution in [1.82, 2.24) is 0 Å². The zero-order valence-electron chi connectivity index (χ0n) is 11.6. The molecule has 6 heteroatoms. The number of quaternary nitrogens is 1. The molecule has 0 radical (unpaired) electrons. The third kappa shape index (κ3) is 4.03. The fraction of sp³-hybridized carbons (Fsp3) is 0.500. The summed E-state index contributed by atoms with van der Waals surface area (Å²) >= 11 is 0. The Morgan fingerprint density at radius 1 is 1.55 bits per heavy atom. The van der Waals surface area contributed by atoms with Crippen molar-refractivity contribution in [3.8, 4) is 0 Å². The van der Waals surface area contributed by atoms with Crippen LogP contribution in [0.15, 0.2) is 24.3 Å². The Labute approximate surface area is 117 Å². The number of carbonyl (C=O) groups is 1. The molecule has 2 atom stereocenters. The highest BCUT2D eigenvalue weighted by molar-refractivity contribution is 5.91. The number of nitro benzene ring substituents is 1. The van der Waals surface area contributed by atoms with E-state index in [9.17, 15) is 14.9 Å². The first kappa shape index (κ1) is 14.5. The van der Waals surface area contributed by atoms with Crippen LogP contribution >= 0.6 is 0 Å². The SMILES string of the molecule is C[C@@H]1CCC[NH+](CC(=O)Nc2cccc([N+](=O)[O-])c2)C1. The molecule has 1 amide bonds. The molecule has 0 spiro atoms. The molecule has 2 N–H and O–H groups in total. The summed E-state index contributed by atoms with van der Waals surface area (Å²) in [5, 5.41) is 13.4. The van der Waals surface area contributed by atoms with E-state index in [-0.39, 0.29) is 11.6 Å². The van der Waals surface area contributed by atoms with E-state index in [1.807, 2.05) is 0 Å². The van der Waals surface area contributed by atoms with Gasteiger partial charge in [-0.05, 0) is 18.9 Å². The van der Waals surface area contributed by atoms with Gasteiger partial charge in [0.05, 0.1) is 18.0 Å². The molecule has 1 saturated heterocycles. The van der Waals surface area contributed by atoms with Crippen LogP contribution in [0.5, 0.6) is 0 Å². The van der Waals surface area contributed by atoms with Crippen molar-refractivity contribution in [2.75, 3.05) is 25.0 Å². The highest BCUT2D eigenvalue weighted by Gasteiger charge is 2.22. The van der Waals surface area contributed by atoms with Gasteiger partial charge in [-0.3, -0.25) is 14.9 Å². The Kier molecular flexibility index (Phi) is 4.68. The van der Waals surface area contributed by atoms with Crippen molar-refractivity contribution < 1.29 is 14.6 Å². The molecule has 6 nitrogen and oxygen atoms in total. The minimum absolute atomic E-state index is 0.0123. The summed E-state index contributed by atoms with van der Waals surface area (Å²) < 4.78 is 0. The summed E-state index contributed by atoms with van der Waals surface area (Å²) in [7, 11) is 0. The lowest BCUT2D eigenvalue weighted by Gasteiger charge is -2.27. The fourth-order valence-corrected chi connectivity index (χ4v) is 2.69. The minimum atomic E-state index is -0.465. The smallest absolute Gasteiger partial charge is 0.279 e. The van der Waals surface area contributed by atoms with Crippen molar-refractivity contribution in [1.29, 1.82) is 0 Å². The van der Waals surface area contributed by atoms with Crippen LogP contribution in [0, 0.1) is 16.0 Å². The fourth-order valence-electron chi connectivity index (χ4n) is 2.69. The maximum atomic E-state index is 12.0. The van der Waals surface area contributed by atoms with Gasteiger partial charge in [0.15, 0.2) is 6.54 Å². The molecule has 20 heavy (non-hydrogen) atoms. The molecule has 0 bridgehead atoms. The van der Waals surface area contributed by atoms with Gasteiger partial charge in [0, 0.05) is 23.7 Å². The predicted octanol–water partition coefficient (Wildman–Crippen LogP) is 0.848. The van der Waals surface area contributed by atoms with Gasteiger partial charge in [-0.15, -0.1) is 0 Å². The van der Waals surface area contributed by atoms with E-state index in [4.69, 9.17) is 0 Å². The molecule has 1 unspecified atom stereocenters. The molecule has 1 heterocycles. The topological polar surface area (TPSA) is 76.7 Å². The van der Waals surface area contributed by atoms with Crippen LogP contribution < -0.4 is 10.2 Å². The molecule has 1 aromatic carbocycles. The third-order valence-corrected chi connectivity index (χ3v) is 3.62. The summed E-state index contributed by atoms with van der Waals surface area (Å²) in [6.45, 7) is 4.67. The largest absolute Gasteiger partial charge is 0.327 e. The zero-order valence-corrected chi connectivity index (χ0v) is 11.6. The average Bonchev–Trinajstić information content (AvgIpc) is 2.38. The molecule has 1 aliphatic rings. The number of rotatable bonds is 4. The lowest BCUT2D eigenvalue weighted by Crippen LogP contribution is -3.14. The Bertz CT molecular complexity index is 504. The van der Waals surface area contributed by atoms with Crippen molar-refractivity contribution in [2.45, 2.75) is 19.8 Å². The van der Waals surface area contributed by atoms with Crippen LogP contribution in [-0.4, -0.2) is 30.5 Å². The van der Waals surface area contributed by atoms with E-state index in [2.05, 4.69) is 12.2 Å². The van der Waals surface area contributed by atoms with E-state index in [0.29, 0.717) is 18.2 Å². The molecule has 0 saturated carbocycles. The number of nitrogens with zero attached hydrogens (tertiary/aromatic N) is 1. The number of hydrogen-bond acceptors (Lipinski definition) is 3. The van der Waals surface area contributed by atoms with Crippen molar-refractivity contribution in [3.63, 3.8) is 0 Å². The molecular weight excluding hydrogens is 258 g/mol. The molecule has 108 valence electrons. The number of nitro groups is 1. The van der Waals surface area contributed by atoms with Gasteiger partial charge in [-0.1, -0.05) is 13.0 Å². The third-order valence-electron chi connectivity index (χ3n) is 3.62. The zero-order chi connectivity index (χ0) is 14.5. The first-order valence-electron chi connectivity index (χ1n) is 6.92. The Morgan fingerprint density at radius 2 is 2.35 bits per heavy atom. The number of carbonyl (C=O) groups excluding carboxylic acids is 1. The second kappa shape index (κ2) is 6.47. The molecule has 0 aliphatic carbocycles. The standard InChI is InChI=1S/C14H19N3O3/c1-11-4-3-7-16(9-11)10-14(18)15-12-5-2-6-13(8-12)17(19)20/h2,5-6,8,11H,3-4,7,9-10H2,1H3,(H,15,18)/p+1/t11-/m1/s1. The molecule has 1 aliphatic heterocycles. The molecule has 1 aromatic rings. The number of anilines is 1. The predicted molar refractivity (Wildman–Crippen MR) is 75.7 cm³/mol. The van der Waals surface area contributed by atoms with E-state index >= 15 is 0 Å². The molecule has 0 aromatic heterocycles. The van der Waals surface area contributed by atoms with Crippen molar-refractivity contribution in [3.05, 3.63) is 34.4 Å². The number of benzene rings is 1. The second-order valence-corrected chi connectivity index (χ2v) is 5.48. The van der Waals surface area contributed by atoms with Gasteiger partial charge in [-0.2, -0.15) is 0 Å². The highest BCUT2D eigenvalue weighted by atomic mass is 16.6. The van der Waals surface area contributed by atoms with Crippen LogP contribution in [0.25, 0.3) is 0 Å². The summed E-state index contributed by atoms with van der Waals surface area (Å²) in [5.41, 5.74) is 0.468. The Balaban J connectivity index is 1.91. The quantitative estimate of drug-likeness (QED) is 0.633. The van der Waals surface area contributed by atoms with E-state index in [1.54, 1.807) is 12.1 Å². The normalized spacial score (nSPS) is 22.2. The van der Waals surface area contributed by atoms with Crippen molar-refractivity contribution >= 4 is 17.3 Å². The van der Waals surface area contributed by atoms with Gasteiger partial charge >= 0.3 is 0 Å². The number of nitrogens with one attached hydrogen (secondary N) is 2. The maximum Gasteiger partial charge on any atom is 0.279 e. The number of non-ortho nitro benzene ring substituents is 1. The van der Waals surface area contributed by atoms with Crippen LogP contribution in [0.1, 0.15) is 19.8 Å². The van der Waals surface area contributed by atoms with Crippen molar-refractivity contribution in [2.24, 2.45) is 5.92 Å². The molecule has 1 fully saturated rings. The first-order valence-corrected chi connectivity index (χ1v) is 6.92. The summed E-state index contributed by atoms with van der Waals surface area (Å²) in [6, 6.07) is 6.03. The first-order chi connectivity index (χ1) is 9.54. The second-order valence-electron chi connectivity index (χ2n) is 5.48. The number of piperidine rings is 1. The summed E-state index contributed by atoms with van der Waals surface area (Å²) in [4.78, 5) is 23.5. The Hall–Kier alpha value is -1.95. The molecular formula is C14H20N3O3+. The van der Waals surface area contributed by atoms with Gasteiger partial charge in [0.1, 0.15) is 0 Å². The van der Waals surface area contributed by atoms with Gasteiger partial charge in [0.2, 0.25) is 0 Å². The molecule has 2 rings (SSSR count). The monoisotopic (exact) mass is 278 g/mol. The van der Waals surface area contributed by atoms with E-state index < -0.39 is 4.92 Å². The maximum absolute atomic E-state index is 12.0. The minimum Gasteiger partial charge on any atom is -0.327 e. The lowest BCUT2D eigenvalue weighted by molar-refractivity contribution is -0.900. The van der Waals surface area contributed by atoms with Crippen LogP contribution in [-0.2, 0) is 4.79 Å². The van der Waals surface area contributed by atoms with Crippen LogP contribution in [0.3, 0.4) is 0 Å². The number of hydrogen-bond donors (Lipinski definition) is 2. The number of likely N-dealkylation sites (tertiary alicyclic amines) is 1. The van der Waals surface area contributed by atoms with Crippen LogP contribution in [0.4, 0.5) is 11.4 Å². The summed E-state index contributed by atoms with van der Waals surface area (Å²) in [6.07, 6.45) is 2.39. The highest BCUT2D eigenvalue weighted by Crippen LogP contribution is 2.16. The van der Waals surface area contributed by atoms with E-state index in [1.165, 1.54) is 23.5 Å². The van der Waals surface area contributed by atoms with Gasteiger partial charge in [-0.25, -0.2) is 0 Å². The number of amides is 1. The van der Waals surface area contributed by atoms with Crippen LogP contribution in [0.2, 0.25) is 0 Å². The van der Waals surface area contributed by atoms with Gasteiger partial charge in [0.25, 0.3) is 11.6 Å². The Morgan fingerprint density at radius 3 is 3.05 bits per heavy atom. The van der Waals surface area contributed by atoms with Gasteiger partial charge < -0.3 is 10.2 Å². The van der Waals surface area contributed by atoms with E-state index in [0.717, 1.165) is 19.5 Å².